The molecule has 152 valence electrons. The van der Waals surface area contributed by atoms with Crippen molar-refractivity contribution in [3.63, 3.8) is 0 Å². The zero-order valence-corrected chi connectivity index (χ0v) is 17.2. The molecule has 0 saturated heterocycles. The van der Waals surface area contributed by atoms with E-state index >= 15 is 0 Å². The second-order valence-corrected chi connectivity index (χ2v) is 8.84. The Hall–Kier alpha value is -3.23. The number of fused-ring (bicyclic) bond motifs is 1. The molecule has 1 heterocycles. The van der Waals surface area contributed by atoms with Crippen LogP contribution in [-0.4, -0.2) is 30.4 Å². The number of hydrogen-bond donors (Lipinski definition) is 1. The molecule has 1 aromatic heterocycles. The van der Waals surface area contributed by atoms with Gasteiger partial charge >= 0.3 is 0 Å². The summed E-state index contributed by atoms with van der Waals surface area (Å²) < 4.78 is 40.4. The SMILES string of the molecule is CS(=O)(=O)NC(=O)c1ccc(-n2nc(-c3ccccc3)c3cc(Cl)ccc32)cc1F. The Balaban J connectivity index is 1.84. The Morgan fingerprint density at radius 3 is 2.47 bits per heavy atom. The Bertz CT molecular complexity index is 1390. The number of benzene rings is 3. The molecule has 30 heavy (non-hydrogen) atoms. The van der Waals surface area contributed by atoms with Gasteiger partial charge in [-0.3, -0.25) is 4.79 Å². The molecule has 3 aromatic carbocycles. The minimum Gasteiger partial charge on any atom is -0.268 e. The van der Waals surface area contributed by atoms with Crippen LogP contribution < -0.4 is 4.72 Å². The molecule has 0 bridgehead atoms. The highest BCUT2D eigenvalue weighted by Gasteiger charge is 2.18. The smallest absolute Gasteiger partial charge is 0.267 e. The van der Waals surface area contributed by atoms with Gasteiger partial charge in [0.1, 0.15) is 11.5 Å². The van der Waals surface area contributed by atoms with Crippen LogP contribution in [0.5, 0.6) is 0 Å². The number of nitrogens with zero attached hydrogens (tertiary/aromatic N) is 2. The molecule has 0 aliphatic heterocycles. The number of halogens is 2. The summed E-state index contributed by atoms with van der Waals surface area (Å²) >= 11 is 6.18. The van der Waals surface area contributed by atoms with Crippen LogP contribution in [0.2, 0.25) is 5.02 Å². The highest BCUT2D eigenvalue weighted by Crippen LogP contribution is 2.32. The minimum atomic E-state index is -3.81. The third-order valence-electron chi connectivity index (χ3n) is 4.41. The summed E-state index contributed by atoms with van der Waals surface area (Å²) in [6.07, 6.45) is 0.823. The van der Waals surface area contributed by atoms with Crippen LogP contribution in [0.1, 0.15) is 10.4 Å². The molecule has 9 heteroatoms. The maximum Gasteiger partial charge on any atom is 0.267 e. The molecule has 4 rings (SSSR count). The summed E-state index contributed by atoms with van der Waals surface area (Å²) in [6, 6.07) is 18.6. The average molecular weight is 444 g/mol. The Morgan fingerprint density at radius 1 is 1.07 bits per heavy atom. The molecule has 4 aromatic rings. The first kappa shape index (κ1) is 20.1. The summed E-state index contributed by atoms with van der Waals surface area (Å²) in [5.41, 5.74) is 2.23. The average Bonchev–Trinajstić information content (AvgIpc) is 3.05. The fourth-order valence-electron chi connectivity index (χ4n) is 3.14. The van der Waals surface area contributed by atoms with Crippen LogP contribution in [-0.2, 0) is 10.0 Å². The van der Waals surface area contributed by atoms with Crippen molar-refractivity contribution in [1.82, 2.24) is 14.5 Å². The second kappa shape index (κ2) is 7.55. The van der Waals surface area contributed by atoms with E-state index in [1.54, 1.807) is 27.6 Å². The fraction of sp³-hybridized carbons (Fsp3) is 0.0476. The van der Waals surface area contributed by atoms with Crippen molar-refractivity contribution in [2.75, 3.05) is 6.26 Å². The Labute approximate surface area is 177 Å². The van der Waals surface area contributed by atoms with Crippen LogP contribution in [0.4, 0.5) is 4.39 Å². The zero-order chi connectivity index (χ0) is 21.5. The molecular formula is C21H15ClFN3O3S. The zero-order valence-electron chi connectivity index (χ0n) is 15.6. The van der Waals surface area contributed by atoms with Crippen molar-refractivity contribution in [2.45, 2.75) is 0 Å². The van der Waals surface area contributed by atoms with Crippen LogP contribution in [0, 0.1) is 5.82 Å². The quantitative estimate of drug-likeness (QED) is 0.513. The molecule has 0 fully saturated rings. The van der Waals surface area contributed by atoms with Crippen molar-refractivity contribution in [3.05, 3.63) is 83.1 Å². The van der Waals surface area contributed by atoms with Crippen molar-refractivity contribution in [2.24, 2.45) is 0 Å². The van der Waals surface area contributed by atoms with E-state index in [4.69, 9.17) is 11.6 Å². The van der Waals surface area contributed by atoms with E-state index in [0.29, 0.717) is 21.9 Å². The molecular weight excluding hydrogens is 429 g/mol. The van der Waals surface area contributed by atoms with Crippen molar-refractivity contribution < 1.29 is 17.6 Å². The fourth-order valence-corrected chi connectivity index (χ4v) is 3.76. The lowest BCUT2D eigenvalue weighted by Crippen LogP contribution is -2.30. The Morgan fingerprint density at radius 2 is 1.80 bits per heavy atom. The lowest BCUT2D eigenvalue weighted by Gasteiger charge is -2.08. The maximum atomic E-state index is 14.6. The molecule has 0 atom stereocenters. The number of aromatic nitrogens is 2. The molecule has 0 saturated carbocycles. The molecule has 6 nitrogen and oxygen atoms in total. The van der Waals surface area contributed by atoms with Gasteiger partial charge in [0.2, 0.25) is 10.0 Å². The van der Waals surface area contributed by atoms with Gasteiger partial charge in [-0.25, -0.2) is 22.2 Å². The summed E-state index contributed by atoms with van der Waals surface area (Å²) in [6.45, 7) is 0. The first-order valence-corrected chi connectivity index (χ1v) is 11.1. The highest BCUT2D eigenvalue weighted by molar-refractivity contribution is 7.89. The topological polar surface area (TPSA) is 81.1 Å². The highest BCUT2D eigenvalue weighted by atomic mass is 35.5. The molecule has 1 amide bonds. The van der Waals surface area contributed by atoms with E-state index in [0.717, 1.165) is 23.3 Å². The summed E-state index contributed by atoms with van der Waals surface area (Å²) in [5.74, 6) is -1.91. The van der Waals surface area contributed by atoms with Crippen LogP contribution in [0.3, 0.4) is 0 Å². The predicted octanol–water partition coefficient (Wildman–Crippen LogP) is 4.17. The largest absolute Gasteiger partial charge is 0.268 e. The van der Waals surface area contributed by atoms with Gasteiger partial charge in [-0.15, -0.1) is 0 Å². The number of sulfonamides is 1. The van der Waals surface area contributed by atoms with Gasteiger partial charge in [-0.1, -0.05) is 41.9 Å². The third-order valence-corrected chi connectivity index (χ3v) is 5.20. The maximum absolute atomic E-state index is 14.6. The number of rotatable bonds is 4. The summed E-state index contributed by atoms with van der Waals surface area (Å²) in [7, 11) is -3.81. The van der Waals surface area contributed by atoms with Crippen molar-refractivity contribution in [3.8, 4) is 16.9 Å². The van der Waals surface area contributed by atoms with Crippen molar-refractivity contribution in [1.29, 1.82) is 0 Å². The van der Waals surface area contributed by atoms with Gasteiger partial charge in [0.25, 0.3) is 5.91 Å². The Kier molecular flexibility index (Phi) is 5.05. The van der Waals surface area contributed by atoms with Gasteiger partial charge in [-0.2, -0.15) is 5.10 Å². The predicted molar refractivity (Wildman–Crippen MR) is 114 cm³/mol. The number of amides is 1. The van der Waals surface area contributed by atoms with Gasteiger partial charge in [0.15, 0.2) is 0 Å². The number of carbonyl (C=O) groups excluding carboxylic acids is 1. The van der Waals surface area contributed by atoms with Gasteiger partial charge in [-0.05, 0) is 30.3 Å². The van der Waals surface area contributed by atoms with E-state index in [2.05, 4.69) is 5.10 Å². The first-order chi connectivity index (χ1) is 14.2. The lowest BCUT2D eigenvalue weighted by molar-refractivity contribution is 0.0978. The van der Waals surface area contributed by atoms with Gasteiger partial charge < -0.3 is 0 Å². The molecule has 0 spiro atoms. The van der Waals surface area contributed by atoms with E-state index in [1.807, 2.05) is 30.3 Å². The lowest BCUT2D eigenvalue weighted by atomic mass is 10.1. The third kappa shape index (κ3) is 3.92. The second-order valence-electron chi connectivity index (χ2n) is 6.66. The number of nitrogens with one attached hydrogen (secondary N) is 1. The van der Waals surface area contributed by atoms with E-state index in [9.17, 15) is 17.6 Å². The molecule has 0 aliphatic carbocycles. The molecule has 0 radical (unpaired) electrons. The number of hydrogen-bond acceptors (Lipinski definition) is 4. The summed E-state index contributed by atoms with van der Waals surface area (Å²) in [5, 5.41) is 5.97. The molecule has 0 unspecified atom stereocenters. The van der Waals surface area contributed by atoms with Crippen LogP contribution in [0.15, 0.2) is 66.7 Å². The number of carbonyl (C=O) groups is 1. The van der Waals surface area contributed by atoms with E-state index < -0.39 is 21.7 Å². The standard InChI is InChI=1S/C21H15ClFN3O3S/c1-30(28,29)25-21(27)16-9-8-15(12-18(16)23)26-19-10-7-14(22)11-17(19)20(24-26)13-5-3-2-4-6-13/h2-12H,1H3,(H,25,27). The molecule has 1 N–H and O–H groups in total. The monoisotopic (exact) mass is 443 g/mol. The minimum absolute atomic E-state index is 0.373. The van der Waals surface area contributed by atoms with Gasteiger partial charge in [0.05, 0.1) is 23.0 Å². The van der Waals surface area contributed by atoms with Crippen LogP contribution in [0.25, 0.3) is 27.8 Å². The van der Waals surface area contributed by atoms with E-state index in [1.165, 1.54) is 12.1 Å². The summed E-state index contributed by atoms with van der Waals surface area (Å²) in [4.78, 5) is 12.0. The van der Waals surface area contributed by atoms with Crippen LogP contribution >= 0.6 is 11.6 Å². The van der Waals surface area contributed by atoms with E-state index in [-0.39, 0.29) is 5.56 Å². The normalized spacial score (nSPS) is 11.6. The molecule has 0 aliphatic rings. The van der Waals surface area contributed by atoms with Gasteiger partial charge in [0, 0.05) is 22.0 Å². The first-order valence-electron chi connectivity index (χ1n) is 8.79. The van der Waals surface area contributed by atoms with Crippen molar-refractivity contribution >= 4 is 38.4 Å².